The van der Waals surface area contributed by atoms with E-state index in [9.17, 15) is 4.79 Å². The first-order valence-corrected chi connectivity index (χ1v) is 7.87. The van der Waals surface area contributed by atoms with Gasteiger partial charge in [0.05, 0.1) is 0 Å². The van der Waals surface area contributed by atoms with Gasteiger partial charge < -0.3 is 10.6 Å². The molecule has 1 atom stereocenters. The molecule has 2 rings (SSSR count). The molecule has 0 spiro atoms. The summed E-state index contributed by atoms with van der Waals surface area (Å²) in [6.45, 7) is 5.25. The molecule has 3 nitrogen and oxygen atoms in total. The summed E-state index contributed by atoms with van der Waals surface area (Å²) >= 11 is 0. The second-order valence-corrected chi connectivity index (χ2v) is 5.76. The average molecular weight is 274 g/mol. The Bertz CT molecular complexity index is 423. The standard InChI is InChI=1S/C17H26N2O/c1-3-11-18-16-9-7-14(8-10-16)17(20)19-15(4-2)12-13-5-6-13/h7-10,13,15,18H,3-6,11-12H2,1-2H3,(H,19,20). The second kappa shape index (κ2) is 7.32. The fourth-order valence-corrected chi connectivity index (χ4v) is 2.36. The first-order valence-electron chi connectivity index (χ1n) is 7.87. The molecule has 1 saturated carbocycles. The number of benzene rings is 1. The van der Waals surface area contributed by atoms with Gasteiger partial charge >= 0.3 is 0 Å². The van der Waals surface area contributed by atoms with Crippen molar-refractivity contribution in [3.8, 4) is 0 Å². The summed E-state index contributed by atoms with van der Waals surface area (Å²) in [7, 11) is 0. The summed E-state index contributed by atoms with van der Waals surface area (Å²) in [4.78, 5) is 12.2. The maximum absolute atomic E-state index is 12.2. The van der Waals surface area contributed by atoms with Crippen LogP contribution < -0.4 is 10.6 Å². The summed E-state index contributed by atoms with van der Waals surface area (Å²) in [6, 6.07) is 8.08. The third kappa shape index (κ3) is 4.55. The van der Waals surface area contributed by atoms with E-state index in [-0.39, 0.29) is 5.91 Å². The van der Waals surface area contributed by atoms with Gasteiger partial charge in [0.15, 0.2) is 0 Å². The number of hydrogen-bond acceptors (Lipinski definition) is 2. The van der Waals surface area contributed by atoms with Gasteiger partial charge in [-0.15, -0.1) is 0 Å². The van der Waals surface area contributed by atoms with Gasteiger partial charge in [-0.2, -0.15) is 0 Å². The quantitative estimate of drug-likeness (QED) is 0.756. The van der Waals surface area contributed by atoms with Gasteiger partial charge in [-0.1, -0.05) is 26.7 Å². The zero-order chi connectivity index (χ0) is 14.4. The van der Waals surface area contributed by atoms with Crippen LogP contribution in [0.1, 0.15) is 56.3 Å². The number of amides is 1. The van der Waals surface area contributed by atoms with E-state index < -0.39 is 0 Å². The molecule has 1 aliphatic carbocycles. The van der Waals surface area contributed by atoms with Crippen LogP contribution in [0.3, 0.4) is 0 Å². The van der Waals surface area contributed by atoms with E-state index >= 15 is 0 Å². The van der Waals surface area contributed by atoms with Crippen molar-refractivity contribution in [2.45, 2.75) is 52.0 Å². The average Bonchev–Trinajstić information content (AvgIpc) is 3.28. The highest BCUT2D eigenvalue weighted by molar-refractivity contribution is 5.94. The van der Waals surface area contributed by atoms with Crippen LogP contribution in [0.25, 0.3) is 0 Å². The Balaban J connectivity index is 1.87. The number of carbonyl (C=O) groups is 1. The molecule has 1 aromatic carbocycles. The minimum atomic E-state index is 0.0551. The zero-order valence-electron chi connectivity index (χ0n) is 12.6. The second-order valence-electron chi connectivity index (χ2n) is 5.76. The maximum Gasteiger partial charge on any atom is 0.251 e. The van der Waals surface area contributed by atoms with Crippen LogP contribution in [-0.4, -0.2) is 18.5 Å². The Morgan fingerprint density at radius 1 is 1.25 bits per heavy atom. The smallest absolute Gasteiger partial charge is 0.251 e. The van der Waals surface area contributed by atoms with E-state index in [2.05, 4.69) is 24.5 Å². The molecule has 1 aromatic rings. The van der Waals surface area contributed by atoms with Crippen LogP contribution >= 0.6 is 0 Å². The van der Waals surface area contributed by atoms with Crippen LogP contribution in [-0.2, 0) is 0 Å². The Hall–Kier alpha value is -1.51. The molecule has 1 fully saturated rings. The fourth-order valence-electron chi connectivity index (χ4n) is 2.36. The largest absolute Gasteiger partial charge is 0.385 e. The number of hydrogen-bond donors (Lipinski definition) is 2. The van der Waals surface area contributed by atoms with E-state index in [1.54, 1.807) is 0 Å². The lowest BCUT2D eigenvalue weighted by Gasteiger charge is -2.16. The van der Waals surface area contributed by atoms with Crippen LogP contribution in [0.15, 0.2) is 24.3 Å². The number of anilines is 1. The first kappa shape index (κ1) is 14.9. The predicted octanol–water partition coefficient (Wildman–Crippen LogP) is 3.82. The van der Waals surface area contributed by atoms with E-state index in [0.29, 0.717) is 6.04 Å². The van der Waals surface area contributed by atoms with Crippen molar-refractivity contribution in [2.24, 2.45) is 5.92 Å². The van der Waals surface area contributed by atoms with Crippen molar-refractivity contribution in [2.75, 3.05) is 11.9 Å². The predicted molar refractivity (Wildman–Crippen MR) is 84.1 cm³/mol. The topological polar surface area (TPSA) is 41.1 Å². The SMILES string of the molecule is CCCNc1ccc(C(=O)NC(CC)CC2CC2)cc1. The molecule has 20 heavy (non-hydrogen) atoms. The lowest BCUT2D eigenvalue weighted by Crippen LogP contribution is -2.34. The highest BCUT2D eigenvalue weighted by Crippen LogP contribution is 2.34. The summed E-state index contributed by atoms with van der Waals surface area (Å²) in [5, 5.41) is 6.47. The van der Waals surface area contributed by atoms with Gasteiger partial charge in [0.1, 0.15) is 0 Å². The zero-order valence-corrected chi connectivity index (χ0v) is 12.6. The van der Waals surface area contributed by atoms with Crippen LogP contribution in [0.5, 0.6) is 0 Å². The number of rotatable bonds is 8. The van der Waals surface area contributed by atoms with Crippen molar-refractivity contribution >= 4 is 11.6 Å². The normalized spacial score (nSPS) is 15.7. The van der Waals surface area contributed by atoms with Gasteiger partial charge in [0.25, 0.3) is 5.91 Å². The molecule has 1 aliphatic rings. The molecule has 0 radical (unpaired) electrons. The molecule has 1 amide bonds. The maximum atomic E-state index is 12.2. The molecule has 1 unspecified atom stereocenters. The number of carbonyl (C=O) groups excluding carboxylic acids is 1. The molecule has 0 aliphatic heterocycles. The van der Waals surface area contributed by atoms with Gasteiger partial charge in [-0.25, -0.2) is 0 Å². The Kier molecular flexibility index (Phi) is 5.45. The highest BCUT2D eigenvalue weighted by atomic mass is 16.1. The van der Waals surface area contributed by atoms with Gasteiger partial charge in [-0.05, 0) is 49.4 Å². The lowest BCUT2D eigenvalue weighted by atomic mass is 10.1. The van der Waals surface area contributed by atoms with Gasteiger partial charge in [0.2, 0.25) is 0 Å². The van der Waals surface area contributed by atoms with Gasteiger partial charge in [-0.3, -0.25) is 4.79 Å². The molecule has 0 aromatic heterocycles. The van der Waals surface area contributed by atoms with Crippen molar-refractivity contribution in [3.63, 3.8) is 0 Å². The highest BCUT2D eigenvalue weighted by Gasteiger charge is 2.25. The third-order valence-corrected chi connectivity index (χ3v) is 3.87. The molecule has 0 bridgehead atoms. The van der Waals surface area contributed by atoms with Crippen molar-refractivity contribution in [3.05, 3.63) is 29.8 Å². The van der Waals surface area contributed by atoms with E-state index in [1.165, 1.54) is 12.8 Å². The van der Waals surface area contributed by atoms with E-state index in [1.807, 2.05) is 24.3 Å². The Labute approximate surface area is 122 Å². The Morgan fingerprint density at radius 3 is 2.50 bits per heavy atom. The minimum absolute atomic E-state index is 0.0551. The first-order chi connectivity index (χ1) is 9.72. The fraction of sp³-hybridized carbons (Fsp3) is 0.588. The van der Waals surface area contributed by atoms with Crippen molar-refractivity contribution in [1.82, 2.24) is 5.32 Å². The summed E-state index contributed by atoms with van der Waals surface area (Å²) in [5.41, 5.74) is 1.83. The third-order valence-electron chi connectivity index (χ3n) is 3.87. The minimum Gasteiger partial charge on any atom is -0.385 e. The number of nitrogens with one attached hydrogen (secondary N) is 2. The molecular formula is C17H26N2O. The molecule has 0 heterocycles. The molecule has 110 valence electrons. The summed E-state index contributed by atoms with van der Waals surface area (Å²) in [5.74, 6) is 0.903. The van der Waals surface area contributed by atoms with Crippen molar-refractivity contribution < 1.29 is 4.79 Å². The van der Waals surface area contributed by atoms with E-state index in [4.69, 9.17) is 0 Å². The van der Waals surface area contributed by atoms with Gasteiger partial charge in [0, 0.05) is 23.8 Å². The van der Waals surface area contributed by atoms with E-state index in [0.717, 1.165) is 43.0 Å². The van der Waals surface area contributed by atoms with Crippen molar-refractivity contribution in [1.29, 1.82) is 0 Å². The molecule has 2 N–H and O–H groups in total. The van der Waals surface area contributed by atoms with Crippen LogP contribution in [0.4, 0.5) is 5.69 Å². The monoisotopic (exact) mass is 274 g/mol. The molecule has 3 heteroatoms. The summed E-state index contributed by atoms with van der Waals surface area (Å²) < 4.78 is 0. The summed E-state index contributed by atoms with van der Waals surface area (Å²) in [6.07, 6.45) is 5.92. The lowest BCUT2D eigenvalue weighted by molar-refractivity contribution is 0.0932. The Morgan fingerprint density at radius 2 is 1.95 bits per heavy atom. The molecule has 0 saturated heterocycles. The van der Waals surface area contributed by atoms with Crippen LogP contribution in [0, 0.1) is 5.92 Å². The van der Waals surface area contributed by atoms with Crippen LogP contribution in [0.2, 0.25) is 0 Å². The molecular weight excluding hydrogens is 248 g/mol.